The normalized spacial score (nSPS) is 11.3. The molecule has 0 unspecified atom stereocenters. The first-order valence-electron chi connectivity index (χ1n) is 5.81. The highest BCUT2D eigenvalue weighted by atomic mass is 19.3. The van der Waals surface area contributed by atoms with E-state index in [4.69, 9.17) is 14.3 Å². The Morgan fingerprint density at radius 2 is 1.95 bits per heavy atom. The average molecular weight is 282 g/mol. The SMILES string of the molecule is O=c1cc(CO)occ1OCC(F)(F)c1ccccc1. The monoisotopic (exact) mass is 282 g/mol. The molecule has 1 aromatic carbocycles. The van der Waals surface area contributed by atoms with E-state index < -0.39 is 24.6 Å². The lowest BCUT2D eigenvalue weighted by Crippen LogP contribution is -2.24. The Balaban J connectivity index is 2.10. The van der Waals surface area contributed by atoms with E-state index in [1.165, 1.54) is 24.3 Å². The first-order valence-corrected chi connectivity index (χ1v) is 5.81. The first kappa shape index (κ1) is 14.2. The topological polar surface area (TPSA) is 59.7 Å². The fourth-order valence-corrected chi connectivity index (χ4v) is 1.56. The van der Waals surface area contributed by atoms with E-state index in [0.29, 0.717) is 0 Å². The number of rotatable bonds is 5. The summed E-state index contributed by atoms with van der Waals surface area (Å²) in [7, 11) is 0. The van der Waals surface area contributed by atoms with Gasteiger partial charge in [-0.15, -0.1) is 0 Å². The Morgan fingerprint density at radius 3 is 2.55 bits per heavy atom. The molecule has 0 radical (unpaired) electrons. The summed E-state index contributed by atoms with van der Waals surface area (Å²) in [6, 6.07) is 8.17. The third-order valence-electron chi connectivity index (χ3n) is 2.61. The second kappa shape index (κ2) is 5.83. The van der Waals surface area contributed by atoms with Gasteiger partial charge in [-0.1, -0.05) is 30.3 Å². The lowest BCUT2D eigenvalue weighted by Gasteiger charge is -2.16. The number of alkyl halides is 2. The van der Waals surface area contributed by atoms with Gasteiger partial charge in [0.25, 0.3) is 0 Å². The molecule has 0 aliphatic carbocycles. The molecule has 0 amide bonds. The number of halogens is 2. The van der Waals surface area contributed by atoms with Gasteiger partial charge in [0, 0.05) is 11.6 Å². The van der Waals surface area contributed by atoms with Gasteiger partial charge >= 0.3 is 5.92 Å². The van der Waals surface area contributed by atoms with Gasteiger partial charge in [0.05, 0.1) is 0 Å². The van der Waals surface area contributed by atoms with Gasteiger partial charge in [0.2, 0.25) is 11.2 Å². The summed E-state index contributed by atoms with van der Waals surface area (Å²) in [5.41, 5.74) is -0.819. The quantitative estimate of drug-likeness (QED) is 0.914. The standard InChI is InChI=1S/C14H12F2O4/c15-14(16,10-4-2-1-3-5-10)9-20-13-8-19-11(7-17)6-12(13)18/h1-6,8,17H,7,9H2. The highest BCUT2D eigenvalue weighted by molar-refractivity contribution is 5.21. The van der Waals surface area contributed by atoms with Crippen LogP contribution >= 0.6 is 0 Å². The van der Waals surface area contributed by atoms with Crippen LogP contribution in [0.15, 0.2) is 51.9 Å². The fourth-order valence-electron chi connectivity index (χ4n) is 1.56. The van der Waals surface area contributed by atoms with Crippen molar-refractivity contribution in [2.24, 2.45) is 0 Å². The maximum Gasteiger partial charge on any atom is 0.306 e. The molecule has 0 saturated carbocycles. The van der Waals surface area contributed by atoms with Gasteiger partial charge < -0.3 is 14.3 Å². The molecular weight excluding hydrogens is 270 g/mol. The molecule has 1 aromatic heterocycles. The van der Waals surface area contributed by atoms with Gasteiger partial charge in [-0.3, -0.25) is 4.79 Å². The summed E-state index contributed by atoms with van der Waals surface area (Å²) in [4.78, 5) is 11.5. The summed E-state index contributed by atoms with van der Waals surface area (Å²) in [6.07, 6.45) is 0.912. The zero-order valence-corrected chi connectivity index (χ0v) is 10.4. The van der Waals surface area contributed by atoms with E-state index in [1.54, 1.807) is 6.07 Å². The van der Waals surface area contributed by atoms with Crippen LogP contribution in [-0.4, -0.2) is 11.7 Å². The summed E-state index contributed by atoms with van der Waals surface area (Å²) in [6.45, 7) is -1.42. The minimum atomic E-state index is -3.22. The number of hydrogen-bond donors (Lipinski definition) is 1. The molecule has 106 valence electrons. The van der Waals surface area contributed by atoms with E-state index >= 15 is 0 Å². The van der Waals surface area contributed by atoms with Crippen LogP contribution in [0, 0.1) is 0 Å². The second-order valence-corrected chi connectivity index (χ2v) is 4.09. The molecule has 0 aliphatic rings. The molecule has 6 heteroatoms. The minimum Gasteiger partial charge on any atom is -0.480 e. The smallest absolute Gasteiger partial charge is 0.306 e. The van der Waals surface area contributed by atoms with E-state index in [0.717, 1.165) is 12.3 Å². The number of hydrogen-bond acceptors (Lipinski definition) is 4. The molecular formula is C14H12F2O4. The van der Waals surface area contributed by atoms with Crippen LogP contribution in [0.4, 0.5) is 8.78 Å². The number of benzene rings is 1. The van der Waals surface area contributed by atoms with Gasteiger partial charge in [0.15, 0.2) is 6.61 Å². The lowest BCUT2D eigenvalue weighted by molar-refractivity contribution is -0.0474. The van der Waals surface area contributed by atoms with Crippen molar-refractivity contribution in [3.63, 3.8) is 0 Å². The molecule has 1 heterocycles. The van der Waals surface area contributed by atoms with Crippen molar-refractivity contribution in [1.82, 2.24) is 0 Å². The molecule has 0 fully saturated rings. The Kier molecular flexibility index (Phi) is 4.14. The number of aliphatic hydroxyl groups is 1. The average Bonchev–Trinajstić information content (AvgIpc) is 2.47. The van der Waals surface area contributed by atoms with Crippen LogP contribution in [-0.2, 0) is 12.5 Å². The van der Waals surface area contributed by atoms with Crippen LogP contribution in [0.5, 0.6) is 5.75 Å². The zero-order valence-electron chi connectivity index (χ0n) is 10.4. The van der Waals surface area contributed by atoms with Crippen LogP contribution in [0.3, 0.4) is 0 Å². The van der Waals surface area contributed by atoms with E-state index in [-0.39, 0.29) is 17.1 Å². The highest BCUT2D eigenvalue weighted by Gasteiger charge is 2.32. The summed E-state index contributed by atoms with van der Waals surface area (Å²) >= 11 is 0. The summed E-state index contributed by atoms with van der Waals surface area (Å²) in [5.74, 6) is -3.50. The van der Waals surface area contributed by atoms with Crippen molar-refractivity contribution in [3.05, 3.63) is 64.2 Å². The molecule has 2 rings (SSSR count). The third kappa shape index (κ3) is 3.21. The molecule has 20 heavy (non-hydrogen) atoms. The minimum absolute atomic E-state index is 0.0390. The van der Waals surface area contributed by atoms with E-state index in [1.807, 2.05) is 0 Å². The molecule has 0 spiro atoms. The van der Waals surface area contributed by atoms with E-state index in [2.05, 4.69) is 0 Å². The Labute approximate surface area is 113 Å². The van der Waals surface area contributed by atoms with Crippen molar-refractivity contribution in [2.45, 2.75) is 12.5 Å². The van der Waals surface area contributed by atoms with Crippen LogP contribution in [0.2, 0.25) is 0 Å². The third-order valence-corrected chi connectivity index (χ3v) is 2.61. The molecule has 4 nitrogen and oxygen atoms in total. The van der Waals surface area contributed by atoms with Crippen molar-refractivity contribution in [1.29, 1.82) is 0 Å². The summed E-state index contributed by atoms with van der Waals surface area (Å²) < 4.78 is 37.3. The predicted octanol–water partition coefficient (Wildman–Crippen LogP) is 2.30. The second-order valence-electron chi connectivity index (χ2n) is 4.09. The van der Waals surface area contributed by atoms with Gasteiger partial charge in [-0.2, -0.15) is 8.78 Å². The number of ether oxygens (including phenoxy) is 1. The largest absolute Gasteiger partial charge is 0.480 e. The predicted molar refractivity (Wildman–Crippen MR) is 66.7 cm³/mol. The molecule has 0 bridgehead atoms. The molecule has 1 N–H and O–H groups in total. The van der Waals surface area contributed by atoms with Crippen molar-refractivity contribution >= 4 is 0 Å². The molecule has 0 saturated heterocycles. The fraction of sp³-hybridized carbons (Fsp3) is 0.214. The van der Waals surface area contributed by atoms with Crippen molar-refractivity contribution in [2.75, 3.05) is 6.61 Å². The first-order chi connectivity index (χ1) is 9.53. The van der Waals surface area contributed by atoms with Gasteiger partial charge in [0.1, 0.15) is 18.6 Å². The van der Waals surface area contributed by atoms with Gasteiger partial charge in [-0.25, -0.2) is 0 Å². The van der Waals surface area contributed by atoms with E-state index in [9.17, 15) is 13.6 Å². The van der Waals surface area contributed by atoms with Crippen molar-refractivity contribution in [3.8, 4) is 5.75 Å². The van der Waals surface area contributed by atoms with Crippen LogP contribution < -0.4 is 10.2 Å². The van der Waals surface area contributed by atoms with Crippen molar-refractivity contribution < 1.29 is 23.0 Å². The molecule has 0 aliphatic heterocycles. The van der Waals surface area contributed by atoms with Crippen LogP contribution in [0.1, 0.15) is 11.3 Å². The summed E-state index contributed by atoms with van der Waals surface area (Å²) in [5, 5.41) is 8.77. The Morgan fingerprint density at radius 1 is 1.25 bits per heavy atom. The highest BCUT2D eigenvalue weighted by Crippen LogP contribution is 2.28. The van der Waals surface area contributed by atoms with Gasteiger partial charge in [-0.05, 0) is 0 Å². The Hall–Kier alpha value is -2.21. The number of aliphatic hydroxyl groups excluding tert-OH is 1. The maximum absolute atomic E-state index is 13.8. The lowest BCUT2D eigenvalue weighted by atomic mass is 10.1. The molecule has 0 atom stereocenters. The molecule has 2 aromatic rings. The Bertz CT molecular complexity index is 623. The zero-order chi connectivity index (χ0) is 14.6. The maximum atomic E-state index is 13.8. The van der Waals surface area contributed by atoms with Crippen LogP contribution in [0.25, 0.3) is 0 Å².